The highest BCUT2D eigenvalue weighted by atomic mass is 35.5. The van der Waals surface area contributed by atoms with E-state index in [4.69, 9.17) is 32.2 Å². The molecule has 0 heterocycles. The summed E-state index contributed by atoms with van der Waals surface area (Å²) in [4.78, 5) is 0. The SMILES string of the molecule is O=[PH](OCCCCCCl)OCCCCCCl. The molecule has 0 aromatic rings. The summed E-state index contributed by atoms with van der Waals surface area (Å²) in [6, 6.07) is 0. The maximum Gasteiger partial charge on any atom is 0.319 e. The van der Waals surface area contributed by atoms with Gasteiger partial charge in [0.2, 0.25) is 0 Å². The fourth-order valence-electron chi connectivity index (χ4n) is 1.10. The fraction of sp³-hybridized carbons (Fsp3) is 1.00. The van der Waals surface area contributed by atoms with Gasteiger partial charge in [-0.05, 0) is 38.5 Å². The smallest absolute Gasteiger partial charge is 0.311 e. The Morgan fingerprint density at radius 2 is 1.19 bits per heavy atom. The van der Waals surface area contributed by atoms with Crippen LogP contribution in [0.3, 0.4) is 0 Å². The topological polar surface area (TPSA) is 35.5 Å². The summed E-state index contributed by atoms with van der Waals surface area (Å²) >= 11 is 11.0. The average Bonchev–Trinajstić information content (AvgIpc) is 2.28. The van der Waals surface area contributed by atoms with Crippen molar-refractivity contribution in [3.05, 3.63) is 0 Å². The number of hydrogen-bond donors (Lipinski definition) is 0. The van der Waals surface area contributed by atoms with Gasteiger partial charge in [0, 0.05) is 11.8 Å². The zero-order chi connectivity index (χ0) is 12.1. The predicted octanol–water partition coefficient (Wildman–Crippen LogP) is 4.23. The molecule has 0 fully saturated rings. The van der Waals surface area contributed by atoms with Crippen molar-refractivity contribution in [2.45, 2.75) is 38.5 Å². The third-order valence-corrected chi connectivity index (χ3v) is 3.41. The molecule has 3 nitrogen and oxygen atoms in total. The van der Waals surface area contributed by atoms with Crippen LogP contribution in [-0.2, 0) is 13.6 Å². The van der Waals surface area contributed by atoms with E-state index in [-0.39, 0.29) is 0 Å². The van der Waals surface area contributed by atoms with E-state index in [0.717, 1.165) is 38.5 Å². The van der Waals surface area contributed by atoms with E-state index in [2.05, 4.69) is 0 Å². The van der Waals surface area contributed by atoms with Crippen LogP contribution in [-0.4, -0.2) is 25.0 Å². The molecule has 98 valence electrons. The van der Waals surface area contributed by atoms with Gasteiger partial charge in [0.15, 0.2) is 0 Å². The lowest BCUT2D eigenvalue weighted by Crippen LogP contribution is -1.92. The standard InChI is InChI=1S/C10H21Cl2O3P/c11-7-3-1-5-9-14-16(13)15-10-6-2-4-8-12/h16H,1-10H2. The predicted molar refractivity (Wildman–Crippen MR) is 70.0 cm³/mol. The molecule has 0 spiro atoms. The zero-order valence-electron chi connectivity index (χ0n) is 9.55. The molecule has 6 heteroatoms. The molecule has 16 heavy (non-hydrogen) atoms. The molecule has 0 N–H and O–H groups in total. The molecule has 0 saturated carbocycles. The normalized spacial score (nSPS) is 11.2. The number of alkyl halides is 2. The molecular weight excluding hydrogens is 270 g/mol. The molecule has 0 radical (unpaired) electrons. The molecule has 0 aliphatic heterocycles. The minimum Gasteiger partial charge on any atom is -0.311 e. The minimum absolute atomic E-state index is 0.496. The summed E-state index contributed by atoms with van der Waals surface area (Å²) in [5, 5.41) is 0. The summed E-state index contributed by atoms with van der Waals surface area (Å²) in [5.41, 5.74) is 0. The van der Waals surface area contributed by atoms with Crippen LogP contribution < -0.4 is 0 Å². The molecule has 0 aliphatic carbocycles. The first kappa shape index (κ1) is 16.7. The largest absolute Gasteiger partial charge is 0.319 e. The van der Waals surface area contributed by atoms with Gasteiger partial charge in [0.25, 0.3) is 0 Å². The van der Waals surface area contributed by atoms with Crippen molar-refractivity contribution >= 4 is 31.5 Å². The Bertz CT molecular complexity index is 154. The van der Waals surface area contributed by atoms with E-state index in [1.165, 1.54) is 0 Å². The maximum absolute atomic E-state index is 11.2. The highest BCUT2D eigenvalue weighted by Crippen LogP contribution is 2.24. The van der Waals surface area contributed by atoms with Crippen molar-refractivity contribution in [2.24, 2.45) is 0 Å². The van der Waals surface area contributed by atoms with Gasteiger partial charge in [-0.15, -0.1) is 23.2 Å². The van der Waals surface area contributed by atoms with Crippen LogP contribution in [0.25, 0.3) is 0 Å². The van der Waals surface area contributed by atoms with Crippen molar-refractivity contribution in [3.63, 3.8) is 0 Å². The lowest BCUT2D eigenvalue weighted by molar-refractivity contribution is 0.219. The van der Waals surface area contributed by atoms with Crippen molar-refractivity contribution in [1.82, 2.24) is 0 Å². The fourth-order valence-corrected chi connectivity index (χ4v) is 2.18. The quantitative estimate of drug-likeness (QED) is 0.307. The summed E-state index contributed by atoms with van der Waals surface area (Å²) in [6.45, 7) is 0.993. The number of halogens is 2. The summed E-state index contributed by atoms with van der Waals surface area (Å²) in [6.07, 6.45) is 5.75. The lowest BCUT2D eigenvalue weighted by atomic mass is 10.3. The van der Waals surface area contributed by atoms with E-state index in [0.29, 0.717) is 25.0 Å². The van der Waals surface area contributed by atoms with Crippen LogP contribution in [0.1, 0.15) is 38.5 Å². The van der Waals surface area contributed by atoms with E-state index in [9.17, 15) is 4.57 Å². The second kappa shape index (κ2) is 13.8. The van der Waals surface area contributed by atoms with Gasteiger partial charge in [-0.2, -0.15) is 0 Å². The van der Waals surface area contributed by atoms with Gasteiger partial charge in [0.05, 0.1) is 13.2 Å². The first-order valence-corrected chi connectivity index (χ1v) is 8.02. The van der Waals surface area contributed by atoms with Crippen LogP contribution in [0.4, 0.5) is 0 Å². The van der Waals surface area contributed by atoms with Crippen molar-refractivity contribution in [3.8, 4) is 0 Å². The molecule has 0 bridgehead atoms. The maximum atomic E-state index is 11.2. The second-order valence-corrected chi connectivity index (χ2v) is 5.28. The molecule has 0 aliphatic rings. The van der Waals surface area contributed by atoms with Gasteiger partial charge < -0.3 is 9.05 Å². The summed E-state index contributed by atoms with van der Waals surface area (Å²) in [7, 11) is -2.28. The van der Waals surface area contributed by atoms with Gasteiger partial charge in [0.1, 0.15) is 0 Å². The average molecular weight is 291 g/mol. The number of unbranched alkanes of at least 4 members (excludes halogenated alkanes) is 4. The first-order valence-electron chi connectivity index (χ1n) is 5.72. The molecule has 0 rings (SSSR count). The first-order chi connectivity index (χ1) is 7.81. The number of rotatable bonds is 12. The van der Waals surface area contributed by atoms with Crippen LogP contribution in [0.2, 0.25) is 0 Å². The van der Waals surface area contributed by atoms with E-state index < -0.39 is 8.25 Å². The Hall–Kier alpha value is 0.730. The Kier molecular flexibility index (Phi) is 14.4. The van der Waals surface area contributed by atoms with Crippen molar-refractivity contribution in [1.29, 1.82) is 0 Å². The highest BCUT2D eigenvalue weighted by molar-refractivity contribution is 7.33. The monoisotopic (exact) mass is 290 g/mol. The summed E-state index contributed by atoms with van der Waals surface area (Å²) in [5.74, 6) is 1.35. The van der Waals surface area contributed by atoms with Gasteiger partial charge in [-0.1, -0.05) is 0 Å². The molecular formula is C10H21Cl2O3P. The Morgan fingerprint density at radius 3 is 1.56 bits per heavy atom. The van der Waals surface area contributed by atoms with Crippen LogP contribution in [0, 0.1) is 0 Å². The molecule has 0 amide bonds. The molecule has 0 atom stereocenters. The van der Waals surface area contributed by atoms with E-state index in [1.807, 2.05) is 0 Å². The van der Waals surface area contributed by atoms with E-state index >= 15 is 0 Å². The lowest BCUT2D eigenvalue weighted by Gasteiger charge is -2.05. The Labute approximate surface area is 109 Å². The zero-order valence-corrected chi connectivity index (χ0v) is 12.1. The third kappa shape index (κ3) is 12.8. The van der Waals surface area contributed by atoms with Crippen molar-refractivity contribution < 1.29 is 13.6 Å². The molecule has 0 saturated heterocycles. The molecule has 0 unspecified atom stereocenters. The van der Waals surface area contributed by atoms with Crippen molar-refractivity contribution in [2.75, 3.05) is 25.0 Å². The third-order valence-electron chi connectivity index (χ3n) is 2.00. The Morgan fingerprint density at radius 1 is 0.750 bits per heavy atom. The Balaban J connectivity index is 3.12. The van der Waals surface area contributed by atoms with Gasteiger partial charge in [-0.25, -0.2) is 0 Å². The van der Waals surface area contributed by atoms with Gasteiger partial charge >= 0.3 is 8.25 Å². The van der Waals surface area contributed by atoms with Crippen LogP contribution >= 0.6 is 31.5 Å². The molecule has 0 aromatic carbocycles. The summed E-state index contributed by atoms with van der Waals surface area (Å²) < 4.78 is 21.3. The number of hydrogen-bond acceptors (Lipinski definition) is 3. The van der Waals surface area contributed by atoms with E-state index in [1.54, 1.807) is 0 Å². The van der Waals surface area contributed by atoms with Crippen LogP contribution in [0.15, 0.2) is 0 Å². The highest BCUT2D eigenvalue weighted by Gasteiger charge is 1.99. The van der Waals surface area contributed by atoms with Gasteiger partial charge in [-0.3, -0.25) is 4.57 Å². The van der Waals surface area contributed by atoms with Crippen LogP contribution in [0.5, 0.6) is 0 Å². The second-order valence-electron chi connectivity index (χ2n) is 3.45. The molecule has 0 aromatic heterocycles. The minimum atomic E-state index is -2.28.